The summed E-state index contributed by atoms with van der Waals surface area (Å²) in [5.74, 6) is -0.580. The van der Waals surface area contributed by atoms with Crippen molar-refractivity contribution >= 4 is 11.9 Å². The summed E-state index contributed by atoms with van der Waals surface area (Å²) >= 11 is 0. The highest BCUT2D eigenvalue weighted by Gasteiger charge is 2.37. The normalized spacial score (nSPS) is 16.3. The minimum absolute atomic E-state index is 0.187. The third kappa shape index (κ3) is 3.62. The van der Waals surface area contributed by atoms with Gasteiger partial charge >= 0.3 is 5.97 Å². The van der Waals surface area contributed by atoms with Crippen molar-refractivity contribution in [3.05, 3.63) is 47.4 Å². The first-order chi connectivity index (χ1) is 9.93. The van der Waals surface area contributed by atoms with Gasteiger partial charge in [-0.05, 0) is 32.9 Å². The maximum atomic E-state index is 12.2. The Balaban J connectivity index is 2.20. The molecule has 5 nitrogen and oxygen atoms in total. The molecule has 0 aliphatic carbocycles. The quantitative estimate of drug-likeness (QED) is 0.864. The summed E-state index contributed by atoms with van der Waals surface area (Å²) < 4.78 is 10.7. The average molecular weight is 289 g/mol. The minimum atomic E-state index is -0.540. The van der Waals surface area contributed by atoms with Gasteiger partial charge in [-0.15, -0.1) is 0 Å². The van der Waals surface area contributed by atoms with Gasteiger partial charge in [0.15, 0.2) is 0 Å². The molecule has 0 atom stereocenters. The van der Waals surface area contributed by atoms with E-state index in [1.54, 1.807) is 31.2 Å². The van der Waals surface area contributed by atoms with Crippen LogP contribution in [0, 0.1) is 0 Å². The van der Waals surface area contributed by atoms with Crippen LogP contribution in [0.3, 0.4) is 0 Å². The van der Waals surface area contributed by atoms with Crippen molar-refractivity contribution < 1.29 is 19.1 Å². The monoisotopic (exact) mass is 289 g/mol. The van der Waals surface area contributed by atoms with Crippen LogP contribution in [0.15, 0.2) is 41.8 Å². The van der Waals surface area contributed by atoms with Crippen LogP contribution in [0.5, 0.6) is 0 Å². The van der Waals surface area contributed by atoms with Crippen molar-refractivity contribution in [3.63, 3.8) is 0 Å². The highest BCUT2D eigenvalue weighted by Crippen LogP contribution is 2.33. The van der Waals surface area contributed by atoms with Crippen LogP contribution in [0.1, 0.15) is 37.6 Å². The second kappa shape index (κ2) is 5.99. The molecule has 112 valence electrons. The number of ether oxygens (including phenoxy) is 2. The zero-order valence-corrected chi connectivity index (χ0v) is 12.4. The van der Waals surface area contributed by atoms with Crippen LogP contribution in [0.4, 0.5) is 0 Å². The van der Waals surface area contributed by atoms with Gasteiger partial charge in [-0.25, -0.2) is 4.79 Å². The first-order valence-electron chi connectivity index (χ1n) is 6.88. The Kier molecular flexibility index (Phi) is 4.31. The second-order valence-electron chi connectivity index (χ2n) is 5.39. The number of amides is 1. The van der Waals surface area contributed by atoms with Crippen LogP contribution >= 0.6 is 0 Å². The topological polar surface area (TPSA) is 64.6 Å². The third-order valence-corrected chi connectivity index (χ3v) is 3.04. The number of hydrogen-bond donors (Lipinski definition) is 1. The number of carbonyl (C=O) groups excluding carboxylic acids is 2. The smallest absolute Gasteiger partial charge is 0.339 e. The molecule has 1 heterocycles. The SMILES string of the molecule is CCOC(=O)C1=C(NC(=O)c2ccccc2)OC(C)(C)C1. The van der Waals surface area contributed by atoms with E-state index in [0.29, 0.717) is 17.6 Å². The maximum Gasteiger partial charge on any atom is 0.339 e. The molecule has 0 fully saturated rings. The summed E-state index contributed by atoms with van der Waals surface area (Å²) in [7, 11) is 0. The Morgan fingerprint density at radius 2 is 1.95 bits per heavy atom. The van der Waals surface area contributed by atoms with E-state index in [2.05, 4.69) is 5.32 Å². The fourth-order valence-corrected chi connectivity index (χ4v) is 2.13. The van der Waals surface area contributed by atoms with Gasteiger partial charge in [0.05, 0.1) is 6.61 Å². The molecule has 1 amide bonds. The predicted octanol–water partition coefficient (Wildman–Crippen LogP) is 2.39. The van der Waals surface area contributed by atoms with Gasteiger partial charge < -0.3 is 9.47 Å². The third-order valence-electron chi connectivity index (χ3n) is 3.04. The minimum Gasteiger partial charge on any atom is -0.472 e. The fraction of sp³-hybridized carbons (Fsp3) is 0.375. The molecule has 1 aliphatic rings. The lowest BCUT2D eigenvalue weighted by molar-refractivity contribution is -0.138. The second-order valence-corrected chi connectivity index (χ2v) is 5.39. The molecule has 21 heavy (non-hydrogen) atoms. The molecule has 0 radical (unpaired) electrons. The Labute approximate surface area is 123 Å². The van der Waals surface area contributed by atoms with Crippen LogP contribution in [0.2, 0.25) is 0 Å². The summed E-state index contributed by atoms with van der Waals surface area (Å²) in [6.07, 6.45) is 0.399. The molecule has 0 saturated heterocycles. The van der Waals surface area contributed by atoms with E-state index in [4.69, 9.17) is 9.47 Å². The Hall–Kier alpha value is -2.30. The van der Waals surface area contributed by atoms with Crippen molar-refractivity contribution in [2.24, 2.45) is 0 Å². The summed E-state index contributed by atoms with van der Waals surface area (Å²) in [5.41, 5.74) is 0.328. The highest BCUT2D eigenvalue weighted by atomic mass is 16.5. The van der Waals surface area contributed by atoms with Gasteiger partial charge in [-0.2, -0.15) is 0 Å². The van der Waals surface area contributed by atoms with Gasteiger partial charge in [0, 0.05) is 12.0 Å². The molecular formula is C16H19NO4. The van der Waals surface area contributed by atoms with Crippen LogP contribution in [0.25, 0.3) is 0 Å². The molecule has 1 aromatic rings. The Bertz CT molecular complexity index is 575. The molecule has 5 heteroatoms. The van der Waals surface area contributed by atoms with E-state index in [0.717, 1.165) is 0 Å². The van der Waals surface area contributed by atoms with Gasteiger partial charge in [-0.3, -0.25) is 10.1 Å². The number of benzene rings is 1. The lowest BCUT2D eigenvalue weighted by atomic mass is 10.0. The molecule has 0 spiro atoms. The zero-order chi connectivity index (χ0) is 15.5. The lowest BCUT2D eigenvalue weighted by Gasteiger charge is -2.19. The standard InChI is InChI=1S/C16H19NO4/c1-4-20-15(19)12-10-16(2,3)21-14(12)17-13(18)11-8-6-5-7-9-11/h5-9H,4,10H2,1-3H3,(H,17,18). The van der Waals surface area contributed by atoms with Crippen molar-refractivity contribution in [1.29, 1.82) is 0 Å². The van der Waals surface area contributed by atoms with Gasteiger partial charge in [0.1, 0.15) is 11.2 Å². The van der Waals surface area contributed by atoms with Crippen LogP contribution < -0.4 is 5.32 Å². The Morgan fingerprint density at radius 1 is 1.29 bits per heavy atom. The van der Waals surface area contributed by atoms with Crippen molar-refractivity contribution in [2.75, 3.05) is 6.61 Å². The van der Waals surface area contributed by atoms with Crippen molar-refractivity contribution in [2.45, 2.75) is 32.8 Å². The maximum absolute atomic E-state index is 12.2. The van der Waals surface area contributed by atoms with E-state index < -0.39 is 11.6 Å². The molecule has 0 unspecified atom stereocenters. The largest absolute Gasteiger partial charge is 0.472 e. The van der Waals surface area contributed by atoms with Crippen molar-refractivity contribution in [1.82, 2.24) is 5.32 Å². The van der Waals surface area contributed by atoms with E-state index in [9.17, 15) is 9.59 Å². The molecule has 0 saturated carbocycles. The van der Waals surface area contributed by atoms with Gasteiger partial charge in [0.2, 0.25) is 5.88 Å². The fourth-order valence-electron chi connectivity index (χ4n) is 2.13. The summed E-state index contributed by atoms with van der Waals surface area (Å²) in [6, 6.07) is 8.76. The van der Waals surface area contributed by atoms with E-state index in [-0.39, 0.29) is 18.4 Å². The number of rotatable bonds is 4. The predicted molar refractivity (Wildman–Crippen MR) is 77.3 cm³/mol. The number of esters is 1. The van der Waals surface area contributed by atoms with Crippen LogP contribution in [-0.2, 0) is 14.3 Å². The van der Waals surface area contributed by atoms with Crippen molar-refractivity contribution in [3.8, 4) is 0 Å². The molecule has 2 rings (SSSR count). The zero-order valence-electron chi connectivity index (χ0n) is 12.4. The van der Waals surface area contributed by atoms with Crippen LogP contribution in [-0.4, -0.2) is 24.1 Å². The molecule has 0 bridgehead atoms. The van der Waals surface area contributed by atoms with Gasteiger partial charge in [-0.1, -0.05) is 18.2 Å². The average Bonchev–Trinajstić information content (AvgIpc) is 2.75. The molecule has 1 aromatic carbocycles. The number of hydrogen-bond acceptors (Lipinski definition) is 4. The van der Waals surface area contributed by atoms with Gasteiger partial charge in [0.25, 0.3) is 5.91 Å². The summed E-state index contributed by atoms with van der Waals surface area (Å²) in [5, 5.41) is 2.66. The Morgan fingerprint density at radius 3 is 2.57 bits per heavy atom. The number of nitrogens with one attached hydrogen (secondary N) is 1. The summed E-state index contributed by atoms with van der Waals surface area (Å²) in [4.78, 5) is 24.1. The first kappa shape index (κ1) is 15.1. The molecule has 1 N–H and O–H groups in total. The molecule has 1 aliphatic heterocycles. The lowest BCUT2D eigenvalue weighted by Crippen LogP contribution is -2.27. The first-order valence-corrected chi connectivity index (χ1v) is 6.88. The van der Waals surface area contributed by atoms with E-state index in [1.807, 2.05) is 19.9 Å². The molecular weight excluding hydrogens is 270 g/mol. The summed E-state index contributed by atoms with van der Waals surface area (Å²) in [6.45, 7) is 5.73. The van der Waals surface area contributed by atoms with E-state index in [1.165, 1.54) is 0 Å². The molecule has 0 aromatic heterocycles. The number of carbonyl (C=O) groups is 2. The van der Waals surface area contributed by atoms with E-state index >= 15 is 0 Å². The highest BCUT2D eigenvalue weighted by molar-refractivity contribution is 5.97.